The van der Waals surface area contributed by atoms with Crippen molar-refractivity contribution >= 4 is 11.8 Å². The van der Waals surface area contributed by atoms with E-state index in [2.05, 4.69) is 17.6 Å². The molecular formula is C15H23N3O3. The van der Waals surface area contributed by atoms with Gasteiger partial charge in [0.15, 0.2) is 0 Å². The van der Waals surface area contributed by atoms with E-state index in [4.69, 9.17) is 4.42 Å². The van der Waals surface area contributed by atoms with E-state index in [1.807, 2.05) is 6.07 Å². The summed E-state index contributed by atoms with van der Waals surface area (Å²) in [7, 11) is 0. The number of unbranched alkanes of at least 4 members (excludes halogenated alkanes) is 1. The molecule has 1 saturated heterocycles. The number of nitrogens with zero attached hydrogens (tertiary/aromatic N) is 1. The minimum Gasteiger partial charge on any atom is -0.467 e. The topological polar surface area (TPSA) is 74.6 Å². The van der Waals surface area contributed by atoms with E-state index in [-0.39, 0.29) is 11.8 Å². The molecule has 2 amide bonds. The first-order valence-corrected chi connectivity index (χ1v) is 7.52. The van der Waals surface area contributed by atoms with Crippen molar-refractivity contribution in [1.29, 1.82) is 0 Å². The summed E-state index contributed by atoms with van der Waals surface area (Å²) in [4.78, 5) is 26.2. The molecule has 0 bridgehead atoms. The summed E-state index contributed by atoms with van der Waals surface area (Å²) in [5, 5.41) is 6.00. The van der Waals surface area contributed by atoms with Gasteiger partial charge >= 0.3 is 0 Å². The first-order chi connectivity index (χ1) is 10.2. The number of rotatable bonds is 6. The summed E-state index contributed by atoms with van der Waals surface area (Å²) >= 11 is 0. The molecule has 116 valence electrons. The number of amides is 2. The quantitative estimate of drug-likeness (QED) is 0.817. The Morgan fingerprint density at radius 2 is 2.38 bits per heavy atom. The van der Waals surface area contributed by atoms with Gasteiger partial charge in [0.2, 0.25) is 11.8 Å². The predicted molar refractivity (Wildman–Crippen MR) is 78.5 cm³/mol. The molecule has 1 unspecified atom stereocenters. The summed E-state index contributed by atoms with van der Waals surface area (Å²) in [6.07, 6.45) is 3.93. The molecule has 1 aromatic heterocycles. The SMILES string of the molecule is CCCCC(=O)N1CCNCC1C(=O)NCc1ccco1. The van der Waals surface area contributed by atoms with Gasteiger partial charge in [0.05, 0.1) is 12.8 Å². The van der Waals surface area contributed by atoms with Gasteiger partial charge in [0.1, 0.15) is 11.8 Å². The first-order valence-electron chi connectivity index (χ1n) is 7.52. The van der Waals surface area contributed by atoms with Crippen LogP contribution in [0.3, 0.4) is 0 Å². The lowest BCUT2D eigenvalue weighted by atomic mass is 10.1. The maximum Gasteiger partial charge on any atom is 0.244 e. The monoisotopic (exact) mass is 293 g/mol. The third-order valence-corrected chi connectivity index (χ3v) is 3.63. The Labute approximate surface area is 124 Å². The van der Waals surface area contributed by atoms with E-state index < -0.39 is 6.04 Å². The minimum atomic E-state index is -0.432. The molecule has 0 saturated carbocycles. The van der Waals surface area contributed by atoms with Crippen molar-refractivity contribution in [3.05, 3.63) is 24.2 Å². The first kappa shape index (κ1) is 15.6. The van der Waals surface area contributed by atoms with Crippen LogP contribution in [-0.4, -0.2) is 42.4 Å². The Balaban J connectivity index is 1.90. The molecule has 0 aliphatic carbocycles. The molecular weight excluding hydrogens is 270 g/mol. The normalized spacial score (nSPS) is 18.5. The van der Waals surface area contributed by atoms with Crippen LogP contribution in [0.1, 0.15) is 31.9 Å². The van der Waals surface area contributed by atoms with Crippen LogP contribution in [0.2, 0.25) is 0 Å². The summed E-state index contributed by atoms with van der Waals surface area (Å²) < 4.78 is 5.19. The summed E-state index contributed by atoms with van der Waals surface area (Å²) in [6, 6.07) is 3.16. The van der Waals surface area contributed by atoms with Crippen LogP contribution in [0.5, 0.6) is 0 Å². The zero-order chi connectivity index (χ0) is 15.1. The smallest absolute Gasteiger partial charge is 0.244 e. The predicted octanol–water partition coefficient (Wildman–Crippen LogP) is 0.886. The molecule has 1 aliphatic heterocycles. The molecule has 1 fully saturated rings. The molecule has 6 heteroatoms. The molecule has 1 aromatic rings. The van der Waals surface area contributed by atoms with E-state index in [1.165, 1.54) is 0 Å². The number of nitrogens with one attached hydrogen (secondary N) is 2. The number of carbonyl (C=O) groups is 2. The second kappa shape index (κ2) is 7.83. The van der Waals surface area contributed by atoms with Crippen molar-refractivity contribution in [3.8, 4) is 0 Å². The summed E-state index contributed by atoms with van der Waals surface area (Å²) in [5.74, 6) is 0.635. The average molecular weight is 293 g/mol. The third-order valence-electron chi connectivity index (χ3n) is 3.63. The number of piperazine rings is 1. The van der Waals surface area contributed by atoms with Gasteiger partial charge in [-0.15, -0.1) is 0 Å². The summed E-state index contributed by atoms with van der Waals surface area (Å²) in [5.41, 5.74) is 0. The largest absolute Gasteiger partial charge is 0.467 e. The molecule has 0 spiro atoms. The molecule has 0 aromatic carbocycles. The van der Waals surface area contributed by atoms with E-state index in [9.17, 15) is 9.59 Å². The molecule has 2 rings (SSSR count). The van der Waals surface area contributed by atoms with Gasteiger partial charge in [-0.25, -0.2) is 0 Å². The van der Waals surface area contributed by atoms with E-state index >= 15 is 0 Å². The van der Waals surface area contributed by atoms with Gasteiger partial charge in [-0.3, -0.25) is 9.59 Å². The van der Waals surface area contributed by atoms with Crippen molar-refractivity contribution in [3.63, 3.8) is 0 Å². The second-order valence-corrected chi connectivity index (χ2v) is 5.21. The molecule has 1 atom stereocenters. The Morgan fingerprint density at radius 3 is 3.10 bits per heavy atom. The van der Waals surface area contributed by atoms with E-state index in [1.54, 1.807) is 17.2 Å². The molecule has 2 N–H and O–H groups in total. The highest BCUT2D eigenvalue weighted by molar-refractivity contribution is 5.88. The zero-order valence-corrected chi connectivity index (χ0v) is 12.4. The Hall–Kier alpha value is -1.82. The van der Waals surface area contributed by atoms with Crippen molar-refractivity contribution in [1.82, 2.24) is 15.5 Å². The highest BCUT2D eigenvalue weighted by Gasteiger charge is 2.31. The zero-order valence-electron chi connectivity index (χ0n) is 12.4. The van der Waals surface area contributed by atoms with Crippen LogP contribution in [0.15, 0.2) is 22.8 Å². The van der Waals surface area contributed by atoms with Gasteiger partial charge in [-0.1, -0.05) is 13.3 Å². The number of carbonyl (C=O) groups excluding carboxylic acids is 2. The van der Waals surface area contributed by atoms with Gasteiger partial charge in [0.25, 0.3) is 0 Å². The second-order valence-electron chi connectivity index (χ2n) is 5.21. The average Bonchev–Trinajstić information content (AvgIpc) is 3.03. The number of hydrogen-bond donors (Lipinski definition) is 2. The van der Waals surface area contributed by atoms with Gasteiger partial charge < -0.3 is 20.0 Å². The minimum absolute atomic E-state index is 0.0662. The fraction of sp³-hybridized carbons (Fsp3) is 0.600. The summed E-state index contributed by atoms with van der Waals surface area (Å²) in [6.45, 7) is 4.22. The Bertz CT molecular complexity index is 459. The van der Waals surface area contributed by atoms with E-state index in [0.29, 0.717) is 31.8 Å². The van der Waals surface area contributed by atoms with E-state index in [0.717, 1.165) is 19.4 Å². The Morgan fingerprint density at radius 1 is 1.52 bits per heavy atom. The fourth-order valence-electron chi connectivity index (χ4n) is 2.41. The molecule has 21 heavy (non-hydrogen) atoms. The number of furan rings is 1. The van der Waals surface area contributed by atoms with Crippen LogP contribution in [-0.2, 0) is 16.1 Å². The maximum atomic E-state index is 12.3. The van der Waals surface area contributed by atoms with Gasteiger partial charge in [-0.05, 0) is 18.6 Å². The van der Waals surface area contributed by atoms with Crippen molar-refractivity contribution in [2.45, 2.75) is 38.8 Å². The van der Waals surface area contributed by atoms with Crippen LogP contribution >= 0.6 is 0 Å². The molecule has 1 aliphatic rings. The van der Waals surface area contributed by atoms with Crippen LogP contribution < -0.4 is 10.6 Å². The molecule has 6 nitrogen and oxygen atoms in total. The maximum absolute atomic E-state index is 12.3. The standard InChI is InChI=1S/C15H23N3O3/c1-2-3-6-14(19)18-8-7-16-11-13(18)15(20)17-10-12-5-4-9-21-12/h4-5,9,13,16H,2-3,6-8,10-11H2,1H3,(H,17,20). The van der Waals surface area contributed by atoms with Crippen LogP contribution in [0.25, 0.3) is 0 Å². The van der Waals surface area contributed by atoms with Crippen molar-refractivity contribution in [2.24, 2.45) is 0 Å². The lowest BCUT2D eigenvalue weighted by Crippen LogP contribution is -2.59. The lowest BCUT2D eigenvalue weighted by molar-refractivity contribution is -0.141. The van der Waals surface area contributed by atoms with Crippen LogP contribution in [0.4, 0.5) is 0 Å². The van der Waals surface area contributed by atoms with Gasteiger partial charge in [-0.2, -0.15) is 0 Å². The van der Waals surface area contributed by atoms with Crippen molar-refractivity contribution < 1.29 is 14.0 Å². The fourth-order valence-corrected chi connectivity index (χ4v) is 2.41. The molecule has 2 heterocycles. The van der Waals surface area contributed by atoms with Crippen LogP contribution in [0, 0.1) is 0 Å². The molecule has 0 radical (unpaired) electrons. The highest BCUT2D eigenvalue weighted by atomic mass is 16.3. The lowest BCUT2D eigenvalue weighted by Gasteiger charge is -2.35. The Kier molecular flexibility index (Phi) is 5.80. The third kappa shape index (κ3) is 4.32. The van der Waals surface area contributed by atoms with Gasteiger partial charge in [0, 0.05) is 26.1 Å². The van der Waals surface area contributed by atoms with Crippen molar-refractivity contribution in [2.75, 3.05) is 19.6 Å². The highest BCUT2D eigenvalue weighted by Crippen LogP contribution is 2.09. The number of hydrogen-bond acceptors (Lipinski definition) is 4.